The van der Waals surface area contributed by atoms with Gasteiger partial charge in [0.25, 0.3) is 0 Å². The molecule has 2 N–H and O–H groups in total. The second-order valence-corrected chi connectivity index (χ2v) is 9.97. The smallest absolute Gasteiger partial charge is 0.232 e. The van der Waals surface area contributed by atoms with Crippen molar-refractivity contribution in [2.75, 3.05) is 17.7 Å². The van der Waals surface area contributed by atoms with Crippen LogP contribution in [0.3, 0.4) is 0 Å². The molecular weight excluding hydrogens is 484 g/mol. The molecule has 0 spiro atoms. The summed E-state index contributed by atoms with van der Waals surface area (Å²) in [7, 11) is 1.51. The number of rotatable bonds is 4. The van der Waals surface area contributed by atoms with Crippen molar-refractivity contribution in [3.63, 3.8) is 0 Å². The van der Waals surface area contributed by atoms with E-state index in [1.165, 1.54) is 11.9 Å². The molecule has 2 aromatic carbocycles. The summed E-state index contributed by atoms with van der Waals surface area (Å²) < 4.78 is 56.1. The van der Waals surface area contributed by atoms with Gasteiger partial charge in [0.2, 0.25) is 5.91 Å². The van der Waals surface area contributed by atoms with Gasteiger partial charge in [0.1, 0.15) is 0 Å². The van der Waals surface area contributed by atoms with Crippen LogP contribution in [0.15, 0.2) is 18.2 Å². The number of aromatic nitrogens is 2. The summed E-state index contributed by atoms with van der Waals surface area (Å²) in [6.45, 7) is 1.12. The Morgan fingerprint density at radius 3 is 2.43 bits per heavy atom. The molecule has 37 heavy (non-hydrogen) atoms. The van der Waals surface area contributed by atoms with E-state index >= 15 is 0 Å². The van der Waals surface area contributed by atoms with Crippen molar-refractivity contribution in [3.8, 4) is 11.3 Å². The maximum atomic E-state index is 14.5. The van der Waals surface area contributed by atoms with Crippen LogP contribution in [0.2, 0.25) is 0 Å². The number of nitrogens with two attached hydrogens (primary N) is 1. The van der Waals surface area contributed by atoms with Crippen molar-refractivity contribution in [3.05, 3.63) is 69.5 Å². The molecule has 0 aliphatic heterocycles. The van der Waals surface area contributed by atoms with Crippen LogP contribution in [0.5, 0.6) is 0 Å². The normalized spacial score (nSPS) is 15.3. The Kier molecular flexibility index (Phi) is 6.64. The first kappa shape index (κ1) is 25.2. The lowest BCUT2D eigenvalue weighted by atomic mass is 9.85. The second-order valence-electron chi connectivity index (χ2n) is 9.97. The number of aryl methyl sites for hydroxylation is 2. The van der Waals surface area contributed by atoms with E-state index < -0.39 is 46.7 Å². The number of hydrogen-bond donors (Lipinski definition) is 1. The molecular formula is C28H28F4N4O. The van der Waals surface area contributed by atoms with Crippen molar-refractivity contribution < 1.29 is 22.4 Å². The zero-order valence-corrected chi connectivity index (χ0v) is 20.8. The van der Waals surface area contributed by atoms with Gasteiger partial charge in [-0.3, -0.25) is 9.69 Å². The average molecular weight is 513 g/mol. The van der Waals surface area contributed by atoms with Crippen LogP contribution in [0, 0.1) is 30.2 Å². The molecule has 0 atom stereocenters. The maximum absolute atomic E-state index is 14.5. The van der Waals surface area contributed by atoms with E-state index in [4.69, 9.17) is 15.7 Å². The summed E-state index contributed by atoms with van der Waals surface area (Å²) in [5, 5.41) is 0. The summed E-state index contributed by atoms with van der Waals surface area (Å²) >= 11 is 0. The number of nitrogen functional groups attached to an aromatic ring is 1. The quantitative estimate of drug-likeness (QED) is 0.203. The zero-order chi connectivity index (χ0) is 26.4. The van der Waals surface area contributed by atoms with Gasteiger partial charge >= 0.3 is 0 Å². The third kappa shape index (κ3) is 4.45. The fourth-order valence-electron chi connectivity index (χ4n) is 5.45. The summed E-state index contributed by atoms with van der Waals surface area (Å²) in [5.41, 5.74) is 9.99. The van der Waals surface area contributed by atoms with Crippen LogP contribution in [0.1, 0.15) is 66.1 Å². The van der Waals surface area contributed by atoms with Crippen molar-refractivity contribution in [1.82, 2.24) is 9.97 Å². The van der Waals surface area contributed by atoms with Crippen LogP contribution in [-0.4, -0.2) is 22.9 Å². The molecule has 194 valence electrons. The summed E-state index contributed by atoms with van der Waals surface area (Å²) in [6.07, 6.45) is 5.69. The molecule has 3 aromatic rings. The van der Waals surface area contributed by atoms with E-state index in [1.54, 1.807) is 0 Å². The highest BCUT2D eigenvalue weighted by atomic mass is 19.2. The second kappa shape index (κ2) is 9.76. The Morgan fingerprint density at radius 2 is 1.70 bits per heavy atom. The number of anilines is 2. The number of amides is 1. The Morgan fingerprint density at radius 1 is 1.00 bits per heavy atom. The Hall–Kier alpha value is -3.49. The predicted molar refractivity (Wildman–Crippen MR) is 133 cm³/mol. The van der Waals surface area contributed by atoms with Crippen molar-refractivity contribution >= 4 is 17.4 Å². The number of likely N-dealkylation sites (N-methyl/N-ethyl adjacent to an activating group) is 1. The van der Waals surface area contributed by atoms with Gasteiger partial charge in [0, 0.05) is 29.8 Å². The third-order valence-electron chi connectivity index (χ3n) is 7.63. The molecule has 1 saturated carbocycles. The molecule has 9 heteroatoms. The number of fused-ring (bicyclic) bond motifs is 3. The number of halogens is 4. The standard InChI is InChI=1S/C28H28F4N4O/c1-14-19(23(30)25(32)24(31)22(14)29)13-21(37)36(2)28-26(15-6-4-3-5-7-15)35-27-18-10-9-17(33)12-16(18)8-11-20(27)34-28/h9-10,12,15H,3-8,11,13,33H2,1-2H3. The van der Waals surface area contributed by atoms with E-state index in [2.05, 4.69) is 0 Å². The van der Waals surface area contributed by atoms with Gasteiger partial charge in [-0.05, 0) is 55.9 Å². The van der Waals surface area contributed by atoms with Crippen LogP contribution < -0.4 is 10.6 Å². The van der Waals surface area contributed by atoms with Crippen molar-refractivity contribution in [1.29, 1.82) is 0 Å². The lowest BCUT2D eigenvalue weighted by Gasteiger charge is -2.29. The van der Waals surface area contributed by atoms with E-state index in [0.29, 0.717) is 23.6 Å². The van der Waals surface area contributed by atoms with E-state index in [9.17, 15) is 22.4 Å². The third-order valence-corrected chi connectivity index (χ3v) is 7.63. The molecule has 5 rings (SSSR count). The minimum atomic E-state index is -1.93. The molecule has 1 aromatic heterocycles. The van der Waals surface area contributed by atoms with Crippen LogP contribution in [0.4, 0.5) is 29.1 Å². The van der Waals surface area contributed by atoms with Gasteiger partial charge in [-0.25, -0.2) is 27.5 Å². The molecule has 1 heterocycles. The fraction of sp³-hybridized carbons (Fsp3) is 0.393. The molecule has 0 unspecified atom stereocenters. The van der Waals surface area contributed by atoms with Gasteiger partial charge in [-0.1, -0.05) is 25.3 Å². The largest absolute Gasteiger partial charge is 0.399 e. The number of nitrogens with zero attached hydrogens (tertiary/aromatic N) is 3. The summed E-state index contributed by atoms with van der Waals surface area (Å²) in [5.74, 6) is -7.03. The van der Waals surface area contributed by atoms with E-state index in [1.807, 2.05) is 18.2 Å². The fourth-order valence-corrected chi connectivity index (χ4v) is 5.45. The molecule has 0 bridgehead atoms. The highest BCUT2D eigenvalue weighted by Gasteiger charge is 2.31. The van der Waals surface area contributed by atoms with Crippen molar-refractivity contribution in [2.24, 2.45) is 0 Å². The highest BCUT2D eigenvalue weighted by Crippen LogP contribution is 2.40. The first-order valence-corrected chi connectivity index (χ1v) is 12.5. The van der Waals surface area contributed by atoms with E-state index in [0.717, 1.165) is 68.0 Å². The molecule has 1 fully saturated rings. The monoisotopic (exact) mass is 512 g/mol. The first-order chi connectivity index (χ1) is 17.7. The minimum absolute atomic E-state index is 0.0927. The lowest BCUT2D eigenvalue weighted by molar-refractivity contribution is -0.117. The average Bonchev–Trinajstić information content (AvgIpc) is 2.92. The zero-order valence-electron chi connectivity index (χ0n) is 20.8. The van der Waals surface area contributed by atoms with Gasteiger partial charge in [-0.15, -0.1) is 0 Å². The number of carbonyl (C=O) groups is 1. The van der Waals surface area contributed by atoms with Gasteiger partial charge in [0.15, 0.2) is 29.1 Å². The Labute approximate surface area is 212 Å². The molecule has 0 saturated heterocycles. The van der Waals surface area contributed by atoms with Gasteiger partial charge < -0.3 is 5.73 Å². The van der Waals surface area contributed by atoms with Gasteiger partial charge in [0.05, 0.1) is 23.5 Å². The van der Waals surface area contributed by atoms with Crippen LogP contribution in [-0.2, 0) is 24.1 Å². The summed E-state index contributed by atoms with van der Waals surface area (Å²) in [6, 6.07) is 5.72. The predicted octanol–water partition coefficient (Wildman–Crippen LogP) is 5.94. The number of carbonyl (C=O) groups excluding carboxylic acids is 1. The number of hydrogen-bond acceptors (Lipinski definition) is 4. The molecule has 0 radical (unpaired) electrons. The molecule has 2 aliphatic carbocycles. The lowest BCUT2D eigenvalue weighted by Crippen LogP contribution is -2.32. The Balaban J connectivity index is 1.56. The highest BCUT2D eigenvalue weighted by molar-refractivity contribution is 5.94. The Bertz CT molecular complexity index is 1370. The SMILES string of the molecule is Cc1c(F)c(F)c(F)c(F)c1CC(=O)N(C)c1nc2c(nc1C1CCCCC1)-c1ccc(N)cc1CC2. The van der Waals surface area contributed by atoms with Crippen molar-refractivity contribution in [2.45, 2.75) is 64.2 Å². The molecule has 1 amide bonds. The summed E-state index contributed by atoms with van der Waals surface area (Å²) in [4.78, 5) is 24.5. The van der Waals surface area contributed by atoms with Crippen LogP contribution >= 0.6 is 0 Å². The number of benzene rings is 2. The van der Waals surface area contributed by atoms with E-state index in [-0.39, 0.29) is 5.92 Å². The van der Waals surface area contributed by atoms with Gasteiger partial charge in [-0.2, -0.15) is 0 Å². The first-order valence-electron chi connectivity index (χ1n) is 12.5. The molecule has 2 aliphatic rings. The molecule has 5 nitrogen and oxygen atoms in total. The minimum Gasteiger partial charge on any atom is -0.399 e. The maximum Gasteiger partial charge on any atom is 0.232 e. The van der Waals surface area contributed by atoms with Crippen LogP contribution in [0.25, 0.3) is 11.3 Å². The topological polar surface area (TPSA) is 72.1 Å².